The van der Waals surface area contributed by atoms with Crippen molar-refractivity contribution in [3.63, 3.8) is 0 Å². The second kappa shape index (κ2) is 8.99. The van der Waals surface area contributed by atoms with Crippen molar-refractivity contribution in [3.8, 4) is 0 Å². The molecule has 2 fully saturated rings. The molecule has 0 aliphatic carbocycles. The molecule has 1 N–H and O–H groups in total. The van der Waals surface area contributed by atoms with Gasteiger partial charge in [0.05, 0.1) is 29.2 Å². The number of fused-ring (bicyclic) bond motifs is 3. The van der Waals surface area contributed by atoms with Crippen LogP contribution in [0, 0.1) is 17.8 Å². The van der Waals surface area contributed by atoms with Gasteiger partial charge in [0.1, 0.15) is 12.6 Å². The molecule has 38 heavy (non-hydrogen) atoms. The van der Waals surface area contributed by atoms with Crippen molar-refractivity contribution < 1.29 is 24.2 Å². The van der Waals surface area contributed by atoms with Crippen LogP contribution >= 0.6 is 11.8 Å². The second-order valence-corrected chi connectivity index (χ2v) is 12.9. The van der Waals surface area contributed by atoms with Gasteiger partial charge in [-0.15, -0.1) is 11.8 Å². The summed E-state index contributed by atoms with van der Waals surface area (Å²) >= 11 is 1.51. The Hall–Kier alpha value is -3.10. The zero-order valence-corrected chi connectivity index (χ0v) is 22.6. The molecule has 7 nitrogen and oxygen atoms in total. The highest BCUT2D eigenvalue weighted by Crippen LogP contribution is 2.65. The minimum Gasteiger partial charge on any atom is -0.461 e. The summed E-state index contributed by atoms with van der Waals surface area (Å²) in [5.74, 6) is -2.49. The van der Waals surface area contributed by atoms with E-state index < -0.39 is 39.4 Å². The van der Waals surface area contributed by atoms with Gasteiger partial charge in [0, 0.05) is 17.0 Å². The second-order valence-electron chi connectivity index (χ2n) is 11.2. The van der Waals surface area contributed by atoms with Crippen LogP contribution in [0.2, 0.25) is 0 Å². The first-order valence-corrected chi connectivity index (χ1v) is 14.0. The van der Waals surface area contributed by atoms with E-state index in [1.165, 1.54) is 11.8 Å². The number of benzene rings is 2. The molecule has 0 aromatic heterocycles. The Morgan fingerprint density at radius 3 is 2.53 bits per heavy atom. The maximum atomic E-state index is 14.6. The summed E-state index contributed by atoms with van der Waals surface area (Å²) in [5, 5.41) is 12.5. The van der Waals surface area contributed by atoms with Crippen molar-refractivity contribution in [1.82, 2.24) is 4.90 Å². The van der Waals surface area contributed by atoms with Gasteiger partial charge in [-0.05, 0) is 41.8 Å². The first kappa shape index (κ1) is 25.2. The molecule has 4 aliphatic rings. The number of likely N-dealkylation sites (tertiary alicyclic amines) is 1. The van der Waals surface area contributed by atoms with Crippen LogP contribution in [0.3, 0.4) is 0 Å². The lowest BCUT2D eigenvalue weighted by atomic mass is 9.75. The Morgan fingerprint density at radius 2 is 1.79 bits per heavy atom. The van der Waals surface area contributed by atoms with Crippen LogP contribution in [0.1, 0.15) is 20.8 Å². The molecular formula is C30H32N2O5S. The van der Waals surface area contributed by atoms with Gasteiger partial charge >= 0.3 is 5.97 Å². The lowest BCUT2D eigenvalue weighted by Crippen LogP contribution is -2.58. The van der Waals surface area contributed by atoms with Gasteiger partial charge in [-0.1, -0.05) is 62.4 Å². The zero-order valence-electron chi connectivity index (χ0n) is 21.7. The molecular weight excluding hydrogens is 500 g/mol. The predicted octanol–water partition coefficient (Wildman–Crippen LogP) is 3.56. The number of carbonyl (C=O) groups is 3. The van der Waals surface area contributed by atoms with Crippen molar-refractivity contribution in [1.29, 1.82) is 0 Å². The van der Waals surface area contributed by atoms with Gasteiger partial charge in [-0.2, -0.15) is 0 Å². The first-order valence-electron chi connectivity index (χ1n) is 13.2. The third-order valence-corrected chi connectivity index (χ3v) is 10.4. The van der Waals surface area contributed by atoms with Gasteiger partial charge in [0.15, 0.2) is 0 Å². The number of aliphatic hydroxyl groups is 1. The number of carbonyl (C=O) groups excluding carboxylic acids is 3. The smallest absolute Gasteiger partial charge is 0.311 e. The summed E-state index contributed by atoms with van der Waals surface area (Å²) in [6, 6.07) is 12.5. The van der Waals surface area contributed by atoms with Crippen molar-refractivity contribution in [2.45, 2.75) is 42.3 Å². The highest BCUT2D eigenvalue weighted by Gasteiger charge is 2.74. The quantitative estimate of drug-likeness (QED) is 0.479. The van der Waals surface area contributed by atoms with E-state index in [4.69, 9.17) is 4.74 Å². The third-order valence-electron chi connectivity index (χ3n) is 8.61. The van der Waals surface area contributed by atoms with Crippen molar-refractivity contribution in [2.24, 2.45) is 17.8 Å². The van der Waals surface area contributed by atoms with Crippen LogP contribution in [-0.2, 0) is 19.1 Å². The van der Waals surface area contributed by atoms with Crippen molar-refractivity contribution in [3.05, 3.63) is 66.8 Å². The van der Waals surface area contributed by atoms with Crippen LogP contribution in [0.4, 0.5) is 5.69 Å². The number of hydrogen-bond donors (Lipinski definition) is 1. The summed E-state index contributed by atoms with van der Waals surface area (Å²) in [7, 11) is 0. The van der Waals surface area contributed by atoms with Gasteiger partial charge in [-0.3, -0.25) is 14.4 Å². The van der Waals surface area contributed by atoms with Crippen LogP contribution in [0.25, 0.3) is 10.8 Å². The fourth-order valence-electron chi connectivity index (χ4n) is 6.85. The highest BCUT2D eigenvalue weighted by atomic mass is 32.2. The number of cyclic esters (lactones) is 1. The average Bonchev–Trinajstić information content (AvgIpc) is 3.15. The standard InChI is InChI=1S/C30H32N2O5S/c1-18(2)22(17-33)32-25-27(35)31(21-11-10-19-8-4-5-9-20(19)16-21)14-6-13-30(25)23(26(32)34)24-28(36)37-15-7-12-29(24,3)38-30/h4-13,16,18,22-25,33H,14-15,17H2,1-3H3/t22-,23-,24+,25?,29-,30-/m0/s1. The summed E-state index contributed by atoms with van der Waals surface area (Å²) in [6.45, 7) is 6.08. The van der Waals surface area contributed by atoms with E-state index in [1.54, 1.807) is 9.80 Å². The first-order chi connectivity index (χ1) is 18.2. The molecule has 0 bridgehead atoms. The molecule has 2 aromatic carbocycles. The Bertz CT molecular complexity index is 1390. The predicted molar refractivity (Wildman–Crippen MR) is 148 cm³/mol. The number of anilines is 1. The van der Waals surface area contributed by atoms with E-state index in [0.29, 0.717) is 6.54 Å². The summed E-state index contributed by atoms with van der Waals surface area (Å²) in [4.78, 5) is 45.6. The fourth-order valence-corrected chi connectivity index (χ4v) is 8.99. The Balaban J connectivity index is 1.52. The maximum Gasteiger partial charge on any atom is 0.311 e. The minimum atomic E-state index is -0.970. The van der Waals surface area contributed by atoms with E-state index in [2.05, 4.69) is 0 Å². The number of thioether (sulfide) groups is 1. The molecule has 6 atom stereocenters. The number of hydrogen-bond acceptors (Lipinski definition) is 6. The number of amides is 2. The lowest BCUT2D eigenvalue weighted by molar-refractivity contribution is -0.153. The Morgan fingerprint density at radius 1 is 1.03 bits per heavy atom. The molecule has 198 valence electrons. The van der Waals surface area contributed by atoms with E-state index in [1.807, 2.05) is 87.5 Å². The summed E-state index contributed by atoms with van der Waals surface area (Å²) < 4.78 is 3.82. The van der Waals surface area contributed by atoms with Crippen molar-refractivity contribution in [2.75, 3.05) is 24.7 Å². The highest BCUT2D eigenvalue weighted by molar-refractivity contribution is 8.02. The molecule has 4 heterocycles. The Kier molecular flexibility index (Phi) is 5.96. The molecule has 1 unspecified atom stereocenters. The number of esters is 1. The zero-order chi connectivity index (χ0) is 26.8. The van der Waals surface area contributed by atoms with Gasteiger partial charge in [-0.25, -0.2) is 0 Å². The monoisotopic (exact) mass is 532 g/mol. The number of rotatable bonds is 4. The maximum absolute atomic E-state index is 14.6. The molecule has 2 saturated heterocycles. The van der Waals surface area contributed by atoms with E-state index in [0.717, 1.165) is 16.5 Å². The molecule has 0 radical (unpaired) electrons. The fraction of sp³-hybridized carbons (Fsp3) is 0.433. The molecule has 2 amide bonds. The molecule has 0 saturated carbocycles. The molecule has 6 rings (SSSR count). The number of aliphatic hydroxyl groups excluding tert-OH is 1. The van der Waals surface area contributed by atoms with Gasteiger partial charge < -0.3 is 19.6 Å². The molecule has 8 heteroatoms. The van der Waals surface area contributed by atoms with Crippen LogP contribution in [-0.4, -0.2) is 69.1 Å². The lowest BCUT2D eigenvalue weighted by Gasteiger charge is -2.40. The molecule has 1 spiro atoms. The van der Waals surface area contributed by atoms with Gasteiger partial charge in [0.2, 0.25) is 5.91 Å². The normalized spacial score (nSPS) is 33.2. The van der Waals surface area contributed by atoms with E-state index >= 15 is 0 Å². The van der Waals surface area contributed by atoms with Crippen molar-refractivity contribution >= 4 is 46.0 Å². The number of ether oxygens (including phenoxy) is 1. The van der Waals surface area contributed by atoms with E-state index in [9.17, 15) is 19.5 Å². The van der Waals surface area contributed by atoms with Crippen LogP contribution in [0.5, 0.6) is 0 Å². The molecule has 2 aromatic rings. The summed E-state index contributed by atoms with van der Waals surface area (Å²) in [5.41, 5.74) is 0.749. The average molecular weight is 533 g/mol. The molecule has 4 aliphatic heterocycles. The van der Waals surface area contributed by atoms with Gasteiger partial charge in [0.25, 0.3) is 5.91 Å². The van der Waals surface area contributed by atoms with E-state index in [-0.39, 0.29) is 30.9 Å². The largest absolute Gasteiger partial charge is 0.461 e. The third kappa shape index (κ3) is 3.49. The van der Waals surface area contributed by atoms with Crippen LogP contribution in [0.15, 0.2) is 66.8 Å². The SMILES string of the molecule is CC(C)[C@H](CO)N1C(=O)[C@@H]2[C@@H]3C(=O)OCC=C[C@]3(C)S[C@@]23C=CCN(c2ccc4ccccc4c2)C(=O)C13. The summed E-state index contributed by atoms with van der Waals surface area (Å²) in [6.07, 6.45) is 7.73. The topological polar surface area (TPSA) is 87.2 Å². The number of nitrogens with zero attached hydrogens (tertiary/aromatic N) is 2. The Labute approximate surface area is 226 Å². The van der Waals surface area contributed by atoms with Crippen LogP contribution < -0.4 is 4.90 Å². The minimum absolute atomic E-state index is 0.0913.